The monoisotopic (exact) mass is 351 g/mol. The fourth-order valence-electron chi connectivity index (χ4n) is 3.30. The fourth-order valence-corrected chi connectivity index (χ4v) is 3.30. The van der Waals surface area contributed by atoms with E-state index >= 15 is 0 Å². The van der Waals surface area contributed by atoms with Crippen LogP contribution < -0.4 is 4.90 Å². The van der Waals surface area contributed by atoms with Crippen molar-refractivity contribution in [3.8, 4) is 22.6 Å². The van der Waals surface area contributed by atoms with Gasteiger partial charge in [-0.25, -0.2) is 9.07 Å². The molecule has 2 heterocycles. The fraction of sp³-hybridized carbons (Fsp3) is 0.200. The van der Waals surface area contributed by atoms with Crippen molar-refractivity contribution in [1.82, 2.24) is 9.78 Å². The summed E-state index contributed by atoms with van der Waals surface area (Å²) < 4.78 is 15.5. The zero-order valence-electron chi connectivity index (χ0n) is 14.1. The van der Waals surface area contributed by atoms with Crippen LogP contribution in [0.2, 0.25) is 0 Å². The Morgan fingerprint density at radius 3 is 2.62 bits per heavy atom. The number of carbonyl (C=O) groups is 1. The minimum atomic E-state index is -0.826. The molecule has 0 bridgehead atoms. The highest BCUT2D eigenvalue weighted by molar-refractivity contribution is 5.82. The molecule has 1 fully saturated rings. The lowest BCUT2D eigenvalue weighted by Crippen LogP contribution is -2.17. The lowest BCUT2D eigenvalue weighted by molar-refractivity contribution is 0.112. The van der Waals surface area contributed by atoms with E-state index < -0.39 is 11.6 Å². The number of halogens is 1. The molecule has 1 aromatic heterocycles. The zero-order chi connectivity index (χ0) is 18.1. The Bertz CT molecular complexity index is 961. The number of phenols is 1. The van der Waals surface area contributed by atoms with Crippen LogP contribution in [0.3, 0.4) is 0 Å². The summed E-state index contributed by atoms with van der Waals surface area (Å²) in [6.07, 6.45) is 6.25. The molecule has 1 saturated heterocycles. The maximum atomic E-state index is 13.8. The second kappa shape index (κ2) is 6.63. The number of nitrogens with zero attached hydrogens (tertiary/aromatic N) is 3. The van der Waals surface area contributed by atoms with Gasteiger partial charge < -0.3 is 10.0 Å². The summed E-state index contributed by atoms with van der Waals surface area (Å²) in [5.74, 6) is -1.46. The molecular formula is C20H18FN3O2. The number of hydrogen-bond donors (Lipinski definition) is 1. The van der Waals surface area contributed by atoms with Crippen molar-refractivity contribution in [3.05, 3.63) is 60.2 Å². The van der Waals surface area contributed by atoms with Crippen molar-refractivity contribution in [3.63, 3.8) is 0 Å². The van der Waals surface area contributed by atoms with Crippen LogP contribution in [-0.4, -0.2) is 34.3 Å². The van der Waals surface area contributed by atoms with Crippen LogP contribution in [0.4, 0.5) is 10.1 Å². The summed E-state index contributed by atoms with van der Waals surface area (Å²) in [5, 5.41) is 13.9. The van der Waals surface area contributed by atoms with Gasteiger partial charge in [-0.1, -0.05) is 6.07 Å². The van der Waals surface area contributed by atoms with Crippen LogP contribution in [0.15, 0.2) is 48.8 Å². The van der Waals surface area contributed by atoms with E-state index in [9.17, 15) is 14.3 Å². The predicted octanol–water partition coefficient (Wildman–Crippen LogP) is 3.80. The average Bonchev–Trinajstić information content (AvgIpc) is 3.36. The second-order valence-corrected chi connectivity index (χ2v) is 6.40. The van der Waals surface area contributed by atoms with Gasteiger partial charge in [0.1, 0.15) is 0 Å². The summed E-state index contributed by atoms with van der Waals surface area (Å²) in [6.45, 7) is 2.13. The first kappa shape index (κ1) is 16.3. The number of anilines is 1. The molecule has 0 amide bonds. The van der Waals surface area contributed by atoms with Gasteiger partial charge in [-0.2, -0.15) is 5.10 Å². The molecule has 1 aliphatic heterocycles. The number of aromatic hydroxyl groups is 1. The van der Waals surface area contributed by atoms with Crippen LogP contribution >= 0.6 is 0 Å². The van der Waals surface area contributed by atoms with Crippen LogP contribution in [0.1, 0.15) is 23.2 Å². The van der Waals surface area contributed by atoms with Gasteiger partial charge >= 0.3 is 0 Å². The Kier molecular flexibility index (Phi) is 4.16. The molecule has 132 valence electrons. The molecule has 0 aliphatic carbocycles. The lowest BCUT2D eigenvalue weighted by Gasteiger charge is -2.18. The molecule has 0 unspecified atom stereocenters. The molecular weight excluding hydrogens is 333 g/mol. The maximum absolute atomic E-state index is 13.8. The molecule has 5 nitrogen and oxygen atoms in total. The summed E-state index contributed by atoms with van der Waals surface area (Å²) >= 11 is 0. The molecule has 26 heavy (non-hydrogen) atoms. The number of phenolic OH excluding ortho intramolecular Hbond substituents is 1. The minimum absolute atomic E-state index is 0.0798. The first-order valence-corrected chi connectivity index (χ1v) is 8.54. The van der Waals surface area contributed by atoms with Crippen molar-refractivity contribution >= 4 is 12.0 Å². The van der Waals surface area contributed by atoms with E-state index in [0.29, 0.717) is 17.4 Å². The van der Waals surface area contributed by atoms with E-state index in [0.717, 1.165) is 24.5 Å². The van der Waals surface area contributed by atoms with E-state index in [1.54, 1.807) is 17.1 Å². The smallest absolute Gasteiger partial charge is 0.166 e. The van der Waals surface area contributed by atoms with E-state index in [1.807, 2.05) is 12.1 Å². The normalized spacial score (nSPS) is 14.0. The highest BCUT2D eigenvalue weighted by Gasteiger charge is 2.14. The largest absolute Gasteiger partial charge is 0.504 e. The van der Waals surface area contributed by atoms with Crippen LogP contribution in [0, 0.1) is 5.82 Å². The molecule has 0 radical (unpaired) electrons. The Labute approximate surface area is 150 Å². The molecule has 0 atom stereocenters. The summed E-state index contributed by atoms with van der Waals surface area (Å²) in [6, 6.07) is 10.8. The first-order valence-electron chi connectivity index (χ1n) is 8.54. The topological polar surface area (TPSA) is 58.4 Å². The zero-order valence-corrected chi connectivity index (χ0v) is 14.1. The Hall–Kier alpha value is -3.15. The standard InChI is InChI=1S/C20H18FN3O2/c21-19-9-14(8-15(13-25)20(19)26)16-11-22-24(12-16)18-5-3-4-17(10-18)23-6-1-2-7-23/h3-5,8-13,26H,1-2,6-7H2. The third kappa shape index (κ3) is 2.94. The highest BCUT2D eigenvalue weighted by Crippen LogP contribution is 2.29. The summed E-state index contributed by atoms with van der Waals surface area (Å²) in [4.78, 5) is 13.3. The number of carbonyl (C=O) groups excluding carboxylic acids is 1. The lowest BCUT2D eigenvalue weighted by atomic mass is 10.1. The highest BCUT2D eigenvalue weighted by atomic mass is 19.1. The van der Waals surface area contributed by atoms with E-state index in [4.69, 9.17) is 0 Å². The average molecular weight is 351 g/mol. The molecule has 0 saturated carbocycles. The molecule has 3 aromatic rings. The van der Waals surface area contributed by atoms with E-state index in [2.05, 4.69) is 22.1 Å². The summed E-state index contributed by atoms with van der Waals surface area (Å²) in [5.41, 5.74) is 3.15. The van der Waals surface area contributed by atoms with Gasteiger partial charge in [0.25, 0.3) is 0 Å². The molecule has 4 rings (SSSR count). The van der Waals surface area contributed by atoms with E-state index in [-0.39, 0.29) is 5.56 Å². The summed E-state index contributed by atoms with van der Waals surface area (Å²) in [7, 11) is 0. The van der Waals surface area contributed by atoms with E-state index in [1.165, 1.54) is 25.0 Å². The Morgan fingerprint density at radius 2 is 1.85 bits per heavy atom. The SMILES string of the molecule is O=Cc1cc(-c2cnn(-c3cccc(N4CCCC4)c3)c2)cc(F)c1O. The van der Waals surface area contributed by atoms with Gasteiger partial charge in [0, 0.05) is 30.5 Å². The van der Waals surface area contributed by atoms with Crippen molar-refractivity contribution in [2.24, 2.45) is 0 Å². The van der Waals surface area contributed by atoms with Gasteiger partial charge in [0.2, 0.25) is 0 Å². The van der Waals surface area contributed by atoms with Crippen molar-refractivity contribution in [1.29, 1.82) is 0 Å². The molecule has 0 spiro atoms. The second-order valence-electron chi connectivity index (χ2n) is 6.40. The number of aromatic nitrogens is 2. The number of benzene rings is 2. The van der Waals surface area contributed by atoms with Gasteiger partial charge in [-0.15, -0.1) is 0 Å². The molecule has 1 N–H and O–H groups in total. The molecule has 2 aromatic carbocycles. The maximum Gasteiger partial charge on any atom is 0.166 e. The van der Waals surface area contributed by atoms with Gasteiger partial charge in [0.05, 0.1) is 17.4 Å². The van der Waals surface area contributed by atoms with Crippen LogP contribution in [0.25, 0.3) is 16.8 Å². The molecule has 1 aliphatic rings. The van der Waals surface area contributed by atoms with Crippen LogP contribution in [-0.2, 0) is 0 Å². The number of hydrogen-bond acceptors (Lipinski definition) is 4. The quantitative estimate of drug-likeness (QED) is 0.727. The third-order valence-electron chi connectivity index (χ3n) is 4.70. The van der Waals surface area contributed by atoms with Crippen molar-refractivity contribution in [2.75, 3.05) is 18.0 Å². The van der Waals surface area contributed by atoms with Crippen molar-refractivity contribution < 1.29 is 14.3 Å². The number of aldehydes is 1. The van der Waals surface area contributed by atoms with Gasteiger partial charge in [-0.3, -0.25) is 4.79 Å². The predicted molar refractivity (Wildman–Crippen MR) is 97.5 cm³/mol. The number of rotatable bonds is 4. The molecule has 6 heteroatoms. The van der Waals surface area contributed by atoms with Crippen LogP contribution in [0.5, 0.6) is 5.75 Å². The first-order chi connectivity index (χ1) is 12.7. The minimum Gasteiger partial charge on any atom is -0.504 e. The van der Waals surface area contributed by atoms with Crippen molar-refractivity contribution in [2.45, 2.75) is 12.8 Å². The Morgan fingerprint density at radius 1 is 1.08 bits per heavy atom. The third-order valence-corrected chi connectivity index (χ3v) is 4.70. The Balaban J connectivity index is 1.67. The van der Waals surface area contributed by atoms with Gasteiger partial charge in [-0.05, 0) is 48.7 Å². The van der Waals surface area contributed by atoms with Gasteiger partial charge in [0.15, 0.2) is 17.9 Å².